The quantitative estimate of drug-likeness (QED) is 0.594. The zero-order valence-electron chi connectivity index (χ0n) is 12.7. The highest BCUT2D eigenvalue weighted by atomic mass is 31.2. The summed E-state index contributed by atoms with van der Waals surface area (Å²) in [6.45, 7) is 7.08. The van der Waals surface area contributed by atoms with E-state index in [4.69, 9.17) is 13.5 Å². The van der Waals surface area contributed by atoms with E-state index < -0.39 is 7.60 Å². The Hall–Kier alpha value is -0.650. The molecule has 2 heterocycles. The second kappa shape index (κ2) is 6.00. The fraction of sp³-hybridized carbons (Fsp3) is 0.692. The third kappa shape index (κ3) is 3.00. The summed E-state index contributed by atoms with van der Waals surface area (Å²) in [5, 5.41) is 0. The van der Waals surface area contributed by atoms with Crippen LogP contribution >= 0.6 is 7.60 Å². The third-order valence-corrected chi connectivity index (χ3v) is 5.48. The van der Waals surface area contributed by atoms with Crippen molar-refractivity contribution in [1.82, 2.24) is 9.38 Å². The Morgan fingerprint density at radius 2 is 2.00 bits per heavy atom. The van der Waals surface area contributed by atoms with Crippen LogP contribution in [-0.2, 0) is 13.6 Å². The molecular weight excluding hydrogens is 279 g/mol. The van der Waals surface area contributed by atoms with Crippen molar-refractivity contribution in [2.24, 2.45) is 0 Å². The lowest BCUT2D eigenvalue weighted by Crippen LogP contribution is -2.43. The van der Waals surface area contributed by atoms with E-state index in [1.807, 2.05) is 6.07 Å². The number of hydrogen-bond acceptors (Lipinski definition) is 5. The first kappa shape index (κ1) is 15.7. The molecule has 0 aromatic carbocycles. The minimum absolute atomic E-state index is 0.296. The van der Waals surface area contributed by atoms with Gasteiger partial charge in [0.25, 0.3) is 5.88 Å². The van der Waals surface area contributed by atoms with Crippen LogP contribution in [0.4, 0.5) is 5.88 Å². The Morgan fingerprint density at radius 1 is 1.35 bits per heavy atom. The molecule has 1 unspecified atom stereocenters. The average molecular weight is 303 g/mol. The van der Waals surface area contributed by atoms with E-state index in [1.165, 1.54) is 0 Å². The van der Waals surface area contributed by atoms with Crippen LogP contribution in [0.3, 0.4) is 0 Å². The highest BCUT2D eigenvalue weighted by molar-refractivity contribution is 7.61. The molecule has 1 aromatic heterocycles. The molecule has 20 heavy (non-hydrogen) atoms. The number of furan rings is 1. The second-order valence-electron chi connectivity index (χ2n) is 5.29. The van der Waals surface area contributed by atoms with Gasteiger partial charge in [0, 0.05) is 6.07 Å². The van der Waals surface area contributed by atoms with Gasteiger partial charge in [0.15, 0.2) is 0 Å². The molecule has 1 fully saturated rings. The molecule has 2 rings (SSSR count). The van der Waals surface area contributed by atoms with Crippen molar-refractivity contribution in [1.29, 1.82) is 0 Å². The van der Waals surface area contributed by atoms with E-state index in [0.717, 1.165) is 25.6 Å². The molecule has 0 bridgehead atoms. The Bertz CT molecular complexity index is 494. The van der Waals surface area contributed by atoms with Gasteiger partial charge in [-0.25, -0.2) is 4.48 Å². The van der Waals surface area contributed by atoms with Gasteiger partial charge in [0.2, 0.25) is 5.50 Å². The van der Waals surface area contributed by atoms with Gasteiger partial charge in [0.1, 0.15) is 6.67 Å². The van der Waals surface area contributed by atoms with Crippen LogP contribution in [0, 0.1) is 0 Å². The molecule has 1 aliphatic heterocycles. The number of hydrogen-bond donors (Lipinski definition) is 0. The maximum Gasteiger partial charge on any atom is 0.396 e. The average Bonchev–Trinajstić information content (AvgIpc) is 2.98. The minimum Gasteiger partial charge on any atom is -0.404 e. The van der Waals surface area contributed by atoms with Crippen molar-refractivity contribution in [3.63, 3.8) is 0 Å². The van der Waals surface area contributed by atoms with Crippen molar-refractivity contribution >= 4 is 19.0 Å². The monoisotopic (exact) mass is 303 g/mol. The maximum absolute atomic E-state index is 12.7. The molecule has 0 N–H and O–H groups in total. The molecule has 0 amide bonds. The molecule has 7 heteroatoms. The van der Waals surface area contributed by atoms with Crippen LogP contribution in [0.5, 0.6) is 0 Å². The standard InChI is InChI=1S/C13H24N2O4P/c1-5-17-20(16,18-6-2)13-8-7-12(19-13)15(4)10-9-14(3)11-15/h7-8H,5-6,9-11H2,1-4H3/q+1. The molecule has 0 radical (unpaired) electrons. The van der Waals surface area contributed by atoms with E-state index in [2.05, 4.69) is 19.0 Å². The normalized spacial score (nSPS) is 24.4. The Balaban J connectivity index is 2.25. The fourth-order valence-corrected chi connectivity index (χ4v) is 3.98. The highest BCUT2D eigenvalue weighted by Crippen LogP contribution is 2.48. The Labute approximate surface area is 120 Å². The summed E-state index contributed by atoms with van der Waals surface area (Å²) < 4.78 is 29.8. The lowest BCUT2D eigenvalue weighted by molar-refractivity contribution is 0.223. The molecule has 0 spiro atoms. The fourth-order valence-electron chi connectivity index (χ4n) is 2.51. The molecule has 1 saturated heterocycles. The zero-order valence-corrected chi connectivity index (χ0v) is 13.6. The third-order valence-electron chi connectivity index (χ3n) is 3.51. The molecule has 6 nitrogen and oxygen atoms in total. The highest BCUT2D eigenvalue weighted by Gasteiger charge is 2.39. The number of quaternary nitrogens is 1. The molecular formula is C13H24N2O4P+. The first-order valence-corrected chi connectivity index (χ1v) is 8.51. The molecule has 1 aliphatic rings. The van der Waals surface area contributed by atoms with Gasteiger partial charge in [-0.05, 0) is 27.0 Å². The van der Waals surface area contributed by atoms with Crippen LogP contribution in [0.2, 0.25) is 0 Å². The topological polar surface area (TPSA) is 51.9 Å². The van der Waals surface area contributed by atoms with Gasteiger partial charge < -0.3 is 13.5 Å². The first-order chi connectivity index (χ1) is 9.43. The number of rotatable bonds is 6. The zero-order chi connectivity index (χ0) is 14.8. The van der Waals surface area contributed by atoms with Crippen LogP contribution in [0.1, 0.15) is 13.8 Å². The van der Waals surface area contributed by atoms with E-state index >= 15 is 0 Å². The van der Waals surface area contributed by atoms with Crippen molar-refractivity contribution in [3.05, 3.63) is 12.1 Å². The molecule has 0 aliphatic carbocycles. The summed E-state index contributed by atoms with van der Waals surface area (Å²) in [6, 6.07) is 3.59. The van der Waals surface area contributed by atoms with Gasteiger partial charge in [-0.1, -0.05) is 0 Å². The predicted octanol–water partition coefficient (Wildman–Crippen LogP) is 2.01. The summed E-state index contributed by atoms with van der Waals surface area (Å²) in [6.07, 6.45) is 0. The van der Waals surface area contributed by atoms with Crippen LogP contribution in [-0.4, -0.2) is 52.0 Å². The predicted molar refractivity (Wildman–Crippen MR) is 79.3 cm³/mol. The molecule has 114 valence electrons. The largest absolute Gasteiger partial charge is 0.404 e. The lowest BCUT2D eigenvalue weighted by atomic mass is 10.4. The summed E-state index contributed by atoms with van der Waals surface area (Å²) in [5.74, 6) is 0.795. The summed E-state index contributed by atoms with van der Waals surface area (Å²) >= 11 is 0. The van der Waals surface area contributed by atoms with Gasteiger partial charge >= 0.3 is 7.60 Å². The summed E-state index contributed by atoms with van der Waals surface area (Å²) in [4.78, 5) is 2.24. The van der Waals surface area contributed by atoms with E-state index in [1.54, 1.807) is 19.9 Å². The molecule has 1 aromatic rings. The summed E-state index contributed by atoms with van der Waals surface area (Å²) in [7, 11) is 0.865. The second-order valence-corrected chi connectivity index (χ2v) is 7.24. The SMILES string of the molecule is CCOP(=O)(OCC)c1ccc([N+]2(C)CCN(C)C2)o1. The van der Waals surface area contributed by atoms with Gasteiger partial charge in [-0.3, -0.25) is 9.46 Å². The lowest BCUT2D eigenvalue weighted by Gasteiger charge is -2.25. The van der Waals surface area contributed by atoms with Gasteiger partial charge in [-0.2, -0.15) is 0 Å². The minimum atomic E-state index is -3.33. The van der Waals surface area contributed by atoms with Crippen molar-refractivity contribution in [3.8, 4) is 0 Å². The van der Waals surface area contributed by atoms with Crippen molar-refractivity contribution < 1.29 is 18.0 Å². The maximum atomic E-state index is 12.7. The first-order valence-electron chi connectivity index (χ1n) is 6.96. The van der Waals surface area contributed by atoms with Crippen molar-refractivity contribution in [2.45, 2.75) is 13.8 Å². The van der Waals surface area contributed by atoms with Gasteiger partial charge in [0.05, 0.1) is 33.4 Å². The number of likely N-dealkylation sites (N-methyl/N-ethyl adjacent to an activating group) is 2. The van der Waals surface area contributed by atoms with E-state index in [-0.39, 0.29) is 0 Å². The van der Waals surface area contributed by atoms with Gasteiger partial charge in [-0.15, -0.1) is 0 Å². The number of nitrogens with zero attached hydrogens (tertiary/aromatic N) is 2. The Morgan fingerprint density at radius 3 is 2.50 bits per heavy atom. The van der Waals surface area contributed by atoms with Crippen LogP contribution in [0.15, 0.2) is 16.5 Å². The van der Waals surface area contributed by atoms with Crippen LogP contribution in [0.25, 0.3) is 0 Å². The summed E-state index contributed by atoms with van der Waals surface area (Å²) in [5.41, 5.74) is 0.296. The van der Waals surface area contributed by atoms with Crippen LogP contribution < -0.4 is 9.98 Å². The van der Waals surface area contributed by atoms with Crippen molar-refractivity contribution in [2.75, 3.05) is 47.1 Å². The van der Waals surface area contributed by atoms with E-state index in [9.17, 15) is 4.57 Å². The molecule has 0 saturated carbocycles. The Kier molecular flexibility index (Phi) is 4.72. The molecule has 1 atom stereocenters. The smallest absolute Gasteiger partial charge is 0.396 e. The van der Waals surface area contributed by atoms with E-state index in [0.29, 0.717) is 23.2 Å².